The predicted octanol–water partition coefficient (Wildman–Crippen LogP) is 2.86. The van der Waals surface area contributed by atoms with Gasteiger partial charge < -0.3 is 10.6 Å². The number of carbonyl (C=O) groups is 1. The maximum atomic E-state index is 13.0. The molecule has 0 spiro atoms. The van der Waals surface area contributed by atoms with E-state index in [4.69, 9.17) is 0 Å². The Balaban J connectivity index is 1.64. The molecule has 0 aliphatic heterocycles. The van der Waals surface area contributed by atoms with Gasteiger partial charge in [0.1, 0.15) is 23.2 Å². The van der Waals surface area contributed by atoms with Gasteiger partial charge in [-0.2, -0.15) is 0 Å². The first-order valence-electron chi connectivity index (χ1n) is 8.11. The monoisotopic (exact) mass is 351 g/mol. The van der Waals surface area contributed by atoms with E-state index in [1.807, 2.05) is 12.1 Å². The summed E-state index contributed by atoms with van der Waals surface area (Å²) in [4.78, 5) is 24.8. The number of amides is 1. The summed E-state index contributed by atoms with van der Waals surface area (Å²) >= 11 is 0. The lowest BCUT2D eigenvalue weighted by Gasteiger charge is -2.09. The van der Waals surface area contributed by atoms with Crippen LogP contribution in [0.4, 0.5) is 10.2 Å². The smallest absolute Gasteiger partial charge is 0.270 e. The van der Waals surface area contributed by atoms with Crippen molar-refractivity contribution in [2.45, 2.75) is 20.0 Å². The summed E-state index contributed by atoms with van der Waals surface area (Å²) in [5.74, 6) is 0.456. The Kier molecular flexibility index (Phi) is 5.48. The number of rotatable bonds is 6. The number of nitrogens with one attached hydrogen (secondary N) is 2. The molecule has 0 aliphatic carbocycles. The second kappa shape index (κ2) is 8.15. The molecule has 2 aromatic heterocycles. The average Bonchev–Trinajstić information content (AvgIpc) is 2.66. The molecule has 0 radical (unpaired) electrons. The zero-order valence-electron chi connectivity index (χ0n) is 14.2. The highest BCUT2D eigenvalue weighted by Crippen LogP contribution is 2.10. The van der Waals surface area contributed by atoms with Gasteiger partial charge in [0.15, 0.2) is 0 Å². The molecule has 7 heteroatoms. The molecule has 26 heavy (non-hydrogen) atoms. The predicted molar refractivity (Wildman–Crippen MR) is 95.9 cm³/mol. The van der Waals surface area contributed by atoms with Crippen LogP contribution < -0.4 is 10.6 Å². The average molecular weight is 351 g/mol. The van der Waals surface area contributed by atoms with Crippen molar-refractivity contribution in [1.29, 1.82) is 0 Å². The minimum Gasteiger partial charge on any atom is -0.366 e. The van der Waals surface area contributed by atoms with Crippen LogP contribution in [-0.2, 0) is 13.1 Å². The molecule has 0 saturated heterocycles. The van der Waals surface area contributed by atoms with Crippen LogP contribution in [0.25, 0.3) is 0 Å². The topological polar surface area (TPSA) is 79.8 Å². The Labute approximate surface area is 150 Å². The Bertz CT molecular complexity index is 884. The van der Waals surface area contributed by atoms with Crippen molar-refractivity contribution in [3.8, 4) is 0 Å². The van der Waals surface area contributed by atoms with Gasteiger partial charge in [0, 0.05) is 31.5 Å². The third kappa shape index (κ3) is 4.83. The first-order valence-corrected chi connectivity index (χ1v) is 8.11. The molecule has 1 amide bonds. The highest BCUT2D eigenvalue weighted by Gasteiger charge is 2.10. The fourth-order valence-corrected chi connectivity index (χ4v) is 2.35. The Morgan fingerprint density at radius 2 is 1.88 bits per heavy atom. The molecule has 6 nitrogen and oxygen atoms in total. The molecule has 1 aromatic carbocycles. The van der Waals surface area contributed by atoms with Crippen molar-refractivity contribution in [3.63, 3.8) is 0 Å². The maximum absolute atomic E-state index is 13.0. The van der Waals surface area contributed by atoms with Crippen LogP contribution >= 0.6 is 0 Å². The van der Waals surface area contributed by atoms with E-state index in [2.05, 4.69) is 25.6 Å². The van der Waals surface area contributed by atoms with E-state index < -0.39 is 0 Å². The zero-order chi connectivity index (χ0) is 18.4. The number of nitrogens with zero attached hydrogens (tertiary/aromatic N) is 3. The Hall–Kier alpha value is -3.35. The largest absolute Gasteiger partial charge is 0.366 e. The number of carbonyl (C=O) groups excluding carboxylic acids is 1. The van der Waals surface area contributed by atoms with E-state index in [0.717, 1.165) is 11.1 Å². The molecule has 0 bridgehead atoms. The van der Waals surface area contributed by atoms with Crippen LogP contribution in [0.5, 0.6) is 0 Å². The zero-order valence-corrected chi connectivity index (χ0v) is 14.2. The molecule has 2 heterocycles. The van der Waals surface area contributed by atoms with Gasteiger partial charge in [-0.25, -0.2) is 14.4 Å². The number of aromatic nitrogens is 3. The number of halogens is 1. The highest BCUT2D eigenvalue weighted by atomic mass is 19.1. The van der Waals surface area contributed by atoms with Crippen molar-refractivity contribution in [3.05, 3.63) is 83.3 Å². The van der Waals surface area contributed by atoms with Gasteiger partial charge in [-0.15, -0.1) is 0 Å². The first-order chi connectivity index (χ1) is 12.6. The van der Waals surface area contributed by atoms with Crippen molar-refractivity contribution in [2.24, 2.45) is 0 Å². The quantitative estimate of drug-likeness (QED) is 0.714. The molecule has 132 valence electrons. The molecule has 3 aromatic rings. The van der Waals surface area contributed by atoms with E-state index in [-0.39, 0.29) is 17.4 Å². The van der Waals surface area contributed by atoms with Gasteiger partial charge >= 0.3 is 0 Å². The minimum absolute atomic E-state index is 0.279. The lowest BCUT2D eigenvalue weighted by molar-refractivity contribution is 0.0945. The number of aryl methyl sites for hydroxylation is 1. The van der Waals surface area contributed by atoms with Gasteiger partial charge in [0.25, 0.3) is 5.91 Å². The van der Waals surface area contributed by atoms with E-state index in [1.165, 1.54) is 12.1 Å². The van der Waals surface area contributed by atoms with Gasteiger partial charge in [-0.05, 0) is 36.2 Å². The molecular weight excluding hydrogens is 333 g/mol. The molecule has 0 fully saturated rings. The number of hydrogen-bond acceptors (Lipinski definition) is 5. The standard InChI is InChI=1S/C19H18FN5O/c1-13-24-17(19(26)23-12-15-3-2-8-21-10-15)9-18(25-13)22-11-14-4-6-16(20)7-5-14/h2-10H,11-12H2,1H3,(H,23,26)(H,22,24,25). The molecule has 0 atom stereocenters. The summed E-state index contributed by atoms with van der Waals surface area (Å²) in [6.07, 6.45) is 3.37. The van der Waals surface area contributed by atoms with Crippen LogP contribution in [0.15, 0.2) is 54.9 Å². The molecule has 3 rings (SSSR count). The lowest BCUT2D eigenvalue weighted by Crippen LogP contribution is -2.24. The molecule has 0 saturated carbocycles. The summed E-state index contributed by atoms with van der Waals surface area (Å²) in [6, 6.07) is 11.5. The number of anilines is 1. The van der Waals surface area contributed by atoms with Gasteiger partial charge in [0.2, 0.25) is 0 Å². The number of pyridine rings is 1. The molecule has 0 unspecified atom stereocenters. The second-order valence-electron chi connectivity index (χ2n) is 5.71. The highest BCUT2D eigenvalue weighted by molar-refractivity contribution is 5.92. The van der Waals surface area contributed by atoms with Crippen LogP contribution in [0.2, 0.25) is 0 Å². The molecule has 0 aliphatic rings. The lowest BCUT2D eigenvalue weighted by atomic mass is 10.2. The minimum atomic E-state index is -0.288. The summed E-state index contributed by atoms with van der Waals surface area (Å²) in [5.41, 5.74) is 2.09. The van der Waals surface area contributed by atoms with Gasteiger partial charge in [0.05, 0.1) is 0 Å². The summed E-state index contributed by atoms with van der Waals surface area (Å²) in [7, 11) is 0. The van der Waals surface area contributed by atoms with Crippen LogP contribution in [-0.4, -0.2) is 20.9 Å². The summed E-state index contributed by atoms with van der Waals surface area (Å²) in [6.45, 7) is 2.56. The Morgan fingerprint density at radius 1 is 1.08 bits per heavy atom. The normalized spacial score (nSPS) is 10.4. The van der Waals surface area contributed by atoms with Crippen LogP contribution in [0.1, 0.15) is 27.4 Å². The van der Waals surface area contributed by atoms with E-state index in [1.54, 1.807) is 37.5 Å². The SMILES string of the molecule is Cc1nc(NCc2ccc(F)cc2)cc(C(=O)NCc2cccnc2)n1. The summed E-state index contributed by atoms with van der Waals surface area (Å²) < 4.78 is 13.0. The van der Waals surface area contributed by atoms with Crippen molar-refractivity contribution >= 4 is 11.7 Å². The van der Waals surface area contributed by atoms with Gasteiger partial charge in [-0.3, -0.25) is 9.78 Å². The fourth-order valence-electron chi connectivity index (χ4n) is 2.35. The van der Waals surface area contributed by atoms with Crippen molar-refractivity contribution in [2.75, 3.05) is 5.32 Å². The van der Waals surface area contributed by atoms with E-state index in [9.17, 15) is 9.18 Å². The number of hydrogen-bond donors (Lipinski definition) is 2. The summed E-state index contributed by atoms with van der Waals surface area (Å²) in [5, 5.41) is 5.94. The van der Waals surface area contributed by atoms with Crippen molar-refractivity contribution in [1.82, 2.24) is 20.3 Å². The van der Waals surface area contributed by atoms with Crippen LogP contribution in [0, 0.1) is 12.7 Å². The fraction of sp³-hybridized carbons (Fsp3) is 0.158. The number of benzene rings is 1. The van der Waals surface area contributed by atoms with E-state index >= 15 is 0 Å². The maximum Gasteiger partial charge on any atom is 0.270 e. The third-order valence-corrected chi connectivity index (χ3v) is 3.63. The van der Waals surface area contributed by atoms with Gasteiger partial charge in [-0.1, -0.05) is 18.2 Å². The Morgan fingerprint density at radius 3 is 2.62 bits per heavy atom. The third-order valence-electron chi connectivity index (χ3n) is 3.63. The van der Waals surface area contributed by atoms with Crippen molar-refractivity contribution < 1.29 is 9.18 Å². The molecule has 2 N–H and O–H groups in total. The van der Waals surface area contributed by atoms with Crippen LogP contribution in [0.3, 0.4) is 0 Å². The first kappa shape index (κ1) is 17.5. The van der Waals surface area contributed by atoms with E-state index in [0.29, 0.717) is 24.7 Å². The molecular formula is C19H18FN5O. The second-order valence-corrected chi connectivity index (χ2v) is 5.71.